The Morgan fingerprint density at radius 2 is 2.05 bits per heavy atom. The third-order valence-electron chi connectivity index (χ3n) is 3.05. The van der Waals surface area contributed by atoms with Gasteiger partial charge in [0.1, 0.15) is 12.4 Å². The van der Waals surface area contributed by atoms with E-state index in [4.69, 9.17) is 21.1 Å². The first-order chi connectivity index (χ1) is 9.13. The summed E-state index contributed by atoms with van der Waals surface area (Å²) >= 11 is 6.07. The van der Waals surface area contributed by atoms with E-state index in [0.717, 1.165) is 24.5 Å². The van der Waals surface area contributed by atoms with E-state index < -0.39 is 0 Å². The monoisotopic (exact) mass is 286 g/mol. The number of hydrogen-bond donors (Lipinski definition) is 1. The van der Waals surface area contributed by atoms with Crippen molar-refractivity contribution in [3.63, 3.8) is 0 Å². The number of benzene rings is 1. The van der Waals surface area contributed by atoms with Gasteiger partial charge in [-0.05, 0) is 38.0 Å². The lowest BCUT2D eigenvalue weighted by molar-refractivity contribution is -0.687. The highest BCUT2D eigenvalue weighted by Gasteiger charge is 2.02. The van der Waals surface area contributed by atoms with Gasteiger partial charge in [-0.25, -0.2) is 0 Å². The van der Waals surface area contributed by atoms with E-state index in [0.29, 0.717) is 24.3 Å². The van der Waals surface area contributed by atoms with Gasteiger partial charge in [-0.3, -0.25) is 0 Å². The van der Waals surface area contributed by atoms with Crippen molar-refractivity contribution >= 4 is 11.6 Å². The molecule has 1 aromatic carbocycles. The number of hydrogen-bond acceptors (Lipinski definition) is 2. The number of aryl methyl sites for hydroxylation is 1. The molecule has 0 spiro atoms. The molecule has 0 saturated carbocycles. The molecule has 0 bridgehead atoms. The fourth-order valence-corrected chi connectivity index (χ4v) is 1.93. The zero-order chi connectivity index (χ0) is 14.1. The summed E-state index contributed by atoms with van der Waals surface area (Å²) in [4.78, 5) is 0. The Balaban J connectivity index is 2.07. The Kier molecular flexibility index (Phi) is 7.87. The molecule has 19 heavy (non-hydrogen) atoms. The molecule has 0 aliphatic rings. The van der Waals surface area contributed by atoms with Crippen LogP contribution < -0.4 is 10.1 Å². The van der Waals surface area contributed by atoms with Crippen molar-refractivity contribution in [3.05, 3.63) is 28.8 Å². The Morgan fingerprint density at radius 1 is 1.26 bits per heavy atom. The Bertz CT molecular complexity index is 371. The average Bonchev–Trinajstić information content (AvgIpc) is 2.39. The van der Waals surface area contributed by atoms with Gasteiger partial charge in [0.05, 0.1) is 30.8 Å². The number of nitrogens with two attached hydrogens (primary N) is 1. The summed E-state index contributed by atoms with van der Waals surface area (Å²) < 4.78 is 11.1. The van der Waals surface area contributed by atoms with Crippen LogP contribution in [0.4, 0.5) is 0 Å². The van der Waals surface area contributed by atoms with Gasteiger partial charge in [0, 0.05) is 0 Å². The van der Waals surface area contributed by atoms with E-state index in [2.05, 4.69) is 19.2 Å². The first-order valence-electron chi connectivity index (χ1n) is 6.93. The molecule has 108 valence electrons. The molecule has 0 aromatic heterocycles. The minimum atomic E-state index is 0.534. The molecule has 0 aliphatic carbocycles. The van der Waals surface area contributed by atoms with Crippen LogP contribution in [0.2, 0.25) is 5.02 Å². The van der Waals surface area contributed by atoms with Crippen LogP contribution in [0.25, 0.3) is 0 Å². The summed E-state index contributed by atoms with van der Waals surface area (Å²) in [6.07, 6.45) is 1.19. The maximum absolute atomic E-state index is 6.07. The fourth-order valence-electron chi connectivity index (χ4n) is 1.64. The van der Waals surface area contributed by atoms with Crippen LogP contribution in [0, 0.1) is 6.92 Å². The van der Waals surface area contributed by atoms with Crippen LogP contribution >= 0.6 is 11.6 Å². The van der Waals surface area contributed by atoms with E-state index in [9.17, 15) is 0 Å². The predicted molar refractivity (Wildman–Crippen MR) is 79.0 cm³/mol. The highest BCUT2D eigenvalue weighted by Crippen LogP contribution is 2.24. The molecule has 0 saturated heterocycles. The second-order valence-corrected chi connectivity index (χ2v) is 5.21. The van der Waals surface area contributed by atoms with Gasteiger partial charge in [0.15, 0.2) is 0 Å². The summed E-state index contributed by atoms with van der Waals surface area (Å²) in [5.41, 5.74) is 1.13. The Morgan fingerprint density at radius 3 is 2.74 bits per heavy atom. The lowest BCUT2D eigenvalue weighted by atomic mass is 10.2. The molecule has 0 radical (unpaired) electrons. The molecular formula is C15H25ClNO2+. The van der Waals surface area contributed by atoms with Crippen LogP contribution in [0.1, 0.15) is 25.8 Å². The Hall–Kier alpha value is -0.770. The van der Waals surface area contributed by atoms with E-state index in [1.807, 2.05) is 25.1 Å². The third-order valence-corrected chi connectivity index (χ3v) is 3.34. The van der Waals surface area contributed by atoms with Crippen LogP contribution in [-0.2, 0) is 4.74 Å². The maximum Gasteiger partial charge on any atom is 0.138 e. The molecule has 2 N–H and O–H groups in total. The van der Waals surface area contributed by atoms with E-state index in [1.54, 1.807) is 0 Å². The van der Waals surface area contributed by atoms with Crippen molar-refractivity contribution in [2.45, 2.75) is 33.2 Å². The van der Waals surface area contributed by atoms with Gasteiger partial charge in [0.25, 0.3) is 0 Å². The number of rotatable bonds is 9. The summed E-state index contributed by atoms with van der Waals surface area (Å²) in [5, 5.41) is 2.96. The van der Waals surface area contributed by atoms with Crippen molar-refractivity contribution in [2.75, 3.05) is 26.4 Å². The average molecular weight is 287 g/mol. The molecule has 0 heterocycles. The zero-order valence-electron chi connectivity index (χ0n) is 12.1. The van der Waals surface area contributed by atoms with Crippen molar-refractivity contribution in [1.82, 2.24) is 0 Å². The first-order valence-corrected chi connectivity index (χ1v) is 7.31. The summed E-state index contributed by atoms with van der Waals surface area (Å²) in [6.45, 7) is 9.32. The topological polar surface area (TPSA) is 35.1 Å². The number of quaternary nitrogens is 1. The van der Waals surface area contributed by atoms with E-state index >= 15 is 0 Å². The smallest absolute Gasteiger partial charge is 0.138 e. The van der Waals surface area contributed by atoms with Gasteiger partial charge >= 0.3 is 0 Å². The van der Waals surface area contributed by atoms with Gasteiger partial charge in [0.2, 0.25) is 0 Å². The molecule has 1 atom stereocenters. The normalized spacial score (nSPS) is 12.4. The summed E-state index contributed by atoms with van der Waals surface area (Å²) in [7, 11) is 0. The van der Waals surface area contributed by atoms with Gasteiger partial charge in [-0.1, -0.05) is 24.6 Å². The molecule has 0 unspecified atom stereocenters. The zero-order valence-corrected chi connectivity index (χ0v) is 12.9. The third kappa shape index (κ3) is 6.81. The minimum absolute atomic E-state index is 0.534. The largest absolute Gasteiger partial charge is 0.490 e. The first kappa shape index (κ1) is 16.3. The van der Waals surface area contributed by atoms with Crippen molar-refractivity contribution < 1.29 is 14.8 Å². The minimum Gasteiger partial charge on any atom is -0.490 e. The maximum atomic E-state index is 6.07. The highest BCUT2D eigenvalue weighted by atomic mass is 35.5. The van der Waals surface area contributed by atoms with Gasteiger partial charge in [-0.15, -0.1) is 0 Å². The summed E-state index contributed by atoms with van der Waals surface area (Å²) in [5.74, 6) is 0.724. The van der Waals surface area contributed by atoms with Crippen LogP contribution in [0.5, 0.6) is 5.75 Å². The van der Waals surface area contributed by atoms with Crippen LogP contribution in [0.3, 0.4) is 0 Å². The Labute approximate surface area is 121 Å². The standard InChI is InChI=1S/C15H24ClNO2/c1-4-13(3)17-7-8-18-9-10-19-15-6-5-12(2)11-14(15)16/h5-6,11,13,17H,4,7-10H2,1-3H3/p+1/t13-/m0/s1. The highest BCUT2D eigenvalue weighted by molar-refractivity contribution is 6.32. The van der Waals surface area contributed by atoms with Gasteiger partial charge in [-0.2, -0.15) is 0 Å². The van der Waals surface area contributed by atoms with E-state index in [1.165, 1.54) is 6.42 Å². The molecular weight excluding hydrogens is 262 g/mol. The number of ether oxygens (including phenoxy) is 2. The molecule has 4 heteroatoms. The fraction of sp³-hybridized carbons (Fsp3) is 0.600. The number of halogens is 1. The molecule has 0 aliphatic heterocycles. The molecule has 0 amide bonds. The van der Waals surface area contributed by atoms with Crippen LogP contribution in [-0.4, -0.2) is 32.4 Å². The summed E-state index contributed by atoms with van der Waals surface area (Å²) in [6, 6.07) is 6.46. The van der Waals surface area contributed by atoms with Crippen molar-refractivity contribution in [1.29, 1.82) is 0 Å². The van der Waals surface area contributed by atoms with Gasteiger partial charge < -0.3 is 14.8 Å². The quantitative estimate of drug-likeness (QED) is 0.708. The second kappa shape index (κ2) is 9.18. The van der Waals surface area contributed by atoms with Crippen LogP contribution in [0.15, 0.2) is 18.2 Å². The molecule has 1 rings (SSSR count). The molecule has 1 aromatic rings. The van der Waals surface area contributed by atoms with Crippen molar-refractivity contribution in [2.24, 2.45) is 0 Å². The molecule has 0 fully saturated rings. The van der Waals surface area contributed by atoms with Crippen molar-refractivity contribution in [3.8, 4) is 5.75 Å². The second-order valence-electron chi connectivity index (χ2n) is 4.80. The SMILES string of the molecule is CC[C@H](C)[NH2+]CCOCCOc1ccc(C)cc1Cl. The lowest BCUT2D eigenvalue weighted by Crippen LogP contribution is -2.90. The predicted octanol–water partition coefficient (Wildman–Crippen LogP) is 2.41. The lowest BCUT2D eigenvalue weighted by Gasteiger charge is -2.10. The van der Waals surface area contributed by atoms with E-state index in [-0.39, 0.29) is 0 Å². The molecule has 3 nitrogen and oxygen atoms in total.